The van der Waals surface area contributed by atoms with Crippen LogP contribution in [0.3, 0.4) is 0 Å². The summed E-state index contributed by atoms with van der Waals surface area (Å²) in [7, 11) is 0. The lowest BCUT2D eigenvalue weighted by atomic mass is 9.93. The van der Waals surface area contributed by atoms with Gasteiger partial charge in [-0.25, -0.2) is 0 Å². The normalized spacial score (nSPS) is 24.4. The van der Waals surface area contributed by atoms with Crippen LogP contribution in [0.5, 0.6) is 0 Å². The maximum Gasteiger partial charge on any atom is 0.241 e. The van der Waals surface area contributed by atoms with E-state index in [1.54, 1.807) is 0 Å². The van der Waals surface area contributed by atoms with Crippen LogP contribution in [0.2, 0.25) is 0 Å². The van der Waals surface area contributed by atoms with E-state index in [9.17, 15) is 4.79 Å². The number of allylic oxidation sites excluding steroid dienone is 1. The van der Waals surface area contributed by atoms with Gasteiger partial charge in [-0.1, -0.05) is 20.8 Å². The second kappa shape index (κ2) is 5.37. The van der Waals surface area contributed by atoms with Crippen molar-refractivity contribution in [3.8, 4) is 0 Å². The molecule has 5 heteroatoms. The zero-order chi connectivity index (χ0) is 15.0. The lowest BCUT2D eigenvalue weighted by Crippen LogP contribution is -2.57. The average molecular weight is 281 g/mol. The molecule has 2 rings (SSSR count). The molecular weight excluding hydrogens is 254 g/mol. The quantitative estimate of drug-likeness (QED) is 0.828. The Hall–Kier alpha value is -1.07. The summed E-state index contributed by atoms with van der Waals surface area (Å²) in [6.45, 7) is 12.2. The number of amides is 1. The third kappa shape index (κ3) is 3.15. The minimum atomic E-state index is -0.476. The minimum absolute atomic E-state index is 0.0342. The van der Waals surface area contributed by atoms with Crippen LogP contribution in [0.25, 0.3) is 0 Å². The third-order valence-electron chi connectivity index (χ3n) is 4.09. The van der Waals surface area contributed by atoms with E-state index in [0.29, 0.717) is 0 Å². The number of carbonyl (C=O) groups is 1. The highest BCUT2D eigenvalue weighted by Crippen LogP contribution is 2.28. The molecule has 1 fully saturated rings. The van der Waals surface area contributed by atoms with Crippen LogP contribution < -0.4 is 10.8 Å². The number of hydrogen-bond acceptors (Lipinski definition) is 4. The molecule has 0 radical (unpaired) electrons. The second-order valence-electron chi connectivity index (χ2n) is 7.21. The number of rotatable bonds is 3. The van der Waals surface area contributed by atoms with Crippen LogP contribution in [-0.2, 0) is 9.63 Å². The molecule has 2 N–H and O–H groups in total. The SMILES string of the molecule is CC(C)(C)C1=CC(NC(=O)C(C)(C)N2CCCC2)NO1. The molecule has 114 valence electrons. The van der Waals surface area contributed by atoms with E-state index >= 15 is 0 Å². The Morgan fingerprint density at radius 1 is 1.30 bits per heavy atom. The molecule has 0 spiro atoms. The minimum Gasteiger partial charge on any atom is -0.410 e. The van der Waals surface area contributed by atoms with Gasteiger partial charge in [-0.05, 0) is 45.9 Å². The Labute approximate surface area is 121 Å². The first-order chi connectivity index (χ1) is 9.21. The number of nitrogens with one attached hydrogen (secondary N) is 2. The van der Waals surface area contributed by atoms with Gasteiger partial charge in [0.2, 0.25) is 5.91 Å². The van der Waals surface area contributed by atoms with Gasteiger partial charge in [0.05, 0.1) is 5.54 Å². The highest BCUT2D eigenvalue weighted by Gasteiger charge is 2.37. The van der Waals surface area contributed by atoms with E-state index < -0.39 is 5.54 Å². The Kier molecular flexibility index (Phi) is 4.12. The summed E-state index contributed by atoms with van der Waals surface area (Å²) in [5.74, 6) is 0.897. The van der Waals surface area contributed by atoms with Crippen molar-refractivity contribution in [2.24, 2.45) is 5.41 Å². The molecule has 0 saturated carbocycles. The van der Waals surface area contributed by atoms with Crippen molar-refractivity contribution >= 4 is 5.91 Å². The molecule has 1 atom stereocenters. The van der Waals surface area contributed by atoms with E-state index in [-0.39, 0.29) is 17.5 Å². The van der Waals surface area contributed by atoms with Crippen molar-refractivity contribution < 1.29 is 9.63 Å². The molecule has 0 aromatic carbocycles. The van der Waals surface area contributed by atoms with Crippen molar-refractivity contribution in [3.05, 3.63) is 11.8 Å². The summed E-state index contributed by atoms with van der Waals surface area (Å²) in [6.07, 6.45) is 4.04. The summed E-state index contributed by atoms with van der Waals surface area (Å²) in [4.78, 5) is 20.2. The zero-order valence-corrected chi connectivity index (χ0v) is 13.2. The van der Waals surface area contributed by atoms with E-state index in [0.717, 1.165) is 18.8 Å². The summed E-state index contributed by atoms with van der Waals surface area (Å²) in [5.41, 5.74) is 2.33. The Morgan fingerprint density at radius 3 is 2.40 bits per heavy atom. The van der Waals surface area contributed by atoms with Gasteiger partial charge in [-0.15, -0.1) is 5.48 Å². The van der Waals surface area contributed by atoms with Gasteiger partial charge in [0.1, 0.15) is 11.9 Å². The lowest BCUT2D eigenvalue weighted by Gasteiger charge is -2.34. The molecule has 5 nitrogen and oxygen atoms in total. The van der Waals surface area contributed by atoms with Crippen LogP contribution in [0.15, 0.2) is 11.8 Å². The molecule has 2 aliphatic rings. The van der Waals surface area contributed by atoms with E-state index in [1.807, 2.05) is 19.9 Å². The monoisotopic (exact) mass is 281 g/mol. The van der Waals surface area contributed by atoms with Gasteiger partial charge >= 0.3 is 0 Å². The number of nitrogens with zero attached hydrogens (tertiary/aromatic N) is 1. The van der Waals surface area contributed by atoms with Crippen LogP contribution in [0.1, 0.15) is 47.5 Å². The molecular formula is C15H27N3O2. The number of likely N-dealkylation sites (tertiary alicyclic amines) is 1. The van der Waals surface area contributed by atoms with E-state index in [2.05, 4.69) is 36.5 Å². The topological polar surface area (TPSA) is 53.6 Å². The maximum atomic E-state index is 12.5. The van der Waals surface area contributed by atoms with Crippen molar-refractivity contribution in [1.29, 1.82) is 0 Å². The Balaban J connectivity index is 1.97. The lowest BCUT2D eigenvalue weighted by molar-refractivity contribution is -0.132. The van der Waals surface area contributed by atoms with Crippen LogP contribution in [0.4, 0.5) is 0 Å². The van der Waals surface area contributed by atoms with Crippen molar-refractivity contribution in [3.63, 3.8) is 0 Å². The first-order valence-electron chi connectivity index (χ1n) is 7.42. The maximum absolute atomic E-state index is 12.5. The number of hydroxylamine groups is 1. The predicted molar refractivity (Wildman–Crippen MR) is 78.6 cm³/mol. The molecule has 0 aromatic rings. The zero-order valence-electron chi connectivity index (χ0n) is 13.2. The largest absolute Gasteiger partial charge is 0.410 e. The third-order valence-corrected chi connectivity index (χ3v) is 4.09. The van der Waals surface area contributed by atoms with Crippen LogP contribution >= 0.6 is 0 Å². The second-order valence-corrected chi connectivity index (χ2v) is 7.21. The average Bonchev–Trinajstić information content (AvgIpc) is 2.98. The fraction of sp³-hybridized carbons (Fsp3) is 0.800. The smallest absolute Gasteiger partial charge is 0.241 e. The van der Waals surface area contributed by atoms with Gasteiger partial charge < -0.3 is 10.2 Å². The molecule has 2 aliphatic heterocycles. The fourth-order valence-electron chi connectivity index (χ4n) is 2.56. The summed E-state index contributed by atoms with van der Waals surface area (Å²) in [6, 6.07) is 0. The Morgan fingerprint density at radius 2 is 1.90 bits per heavy atom. The first-order valence-corrected chi connectivity index (χ1v) is 7.42. The molecule has 1 amide bonds. The molecule has 0 bridgehead atoms. The summed E-state index contributed by atoms with van der Waals surface area (Å²) >= 11 is 0. The van der Waals surface area contributed by atoms with Crippen LogP contribution in [0, 0.1) is 5.41 Å². The standard InChI is InChI=1S/C15H27N3O2/c1-14(2,3)11-10-12(17-20-11)16-13(19)15(4,5)18-8-6-7-9-18/h10,12,17H,6-9H2,1-5H3,(H,16,19). The van der Waals surface area contributed by atoms with Gasteiger partial charge in [-0.3, -0.25) is 9.69 Å². The molecule has 2 heterocycles. The van der Waals surface area contributed by atoms with E-state index in [1.165, 1.54) is 12.8 Å². The molecule has 0 aliphatic carbocycles. The van der Waals surface area contributed by atoms with Crippen molar-refractivity contribution in [2.45, 2.75) is 59.2 Å². The molecule has 20 heavy (non-hydrogen) atoms. The number of hydrogen-bond donors (Lipinski definition) is 2. The van der Waals surface area contributed by atoms with Gasteiger partial charge in [0, 0.05) is 5.41 Å². The van der Waals surface area contributed by atoms with Crippen molar-refractivity contribution in [1.82, 2.24) is 15.7 Å². The molecule has 0 aromatic heterocycles. The first kappa shape index (κ1) is 15.3. The molecule has 1 saturated heterocycles. The van der Waals surface area contributed by atoms with Gasteiger partial charge in [0.25, 0.3) is 0 Å². The molecule has 1 unspecified atom stereocenters. The highest BCUT2D eigenvalue weighted by molar-refractivity contribution is 5.85. The predicted octanol–water partition coefficient (Wildman–Crippen LogP) is 1.77. The van der Waals surface area contributed by atoms with Crippen LogP contribution in [-0.4, -0.2) is 35.6 Å². The van der Waals surface area contributed by atoms with E-state index in [4.69, 9.17) is 4.84 Å². The fourth-order valence-corrected chi connectivity index (χ4v) is 2.56. The highest BCUT2D eigenvalue weighted by atomic mass is 16.7. The van der Waals surface area contributed by atoms with Gasteiger partial charge in [-0.2, -0.15) is 0 Å². The summed E-state index contributed by atoms with van der Waals surface area (Å²) in [5, 5.41) is 3.00. The summed E-state index contributed by atoms with van der Waals surface area (Å²) < 4.78 is 0. The number of carbonyl (C=O) groups excluding carboxylic acids is 1. The van der Waals surface area contributed by atoms with Gasteiger partial charge in [0.15, 0.2) is 0 Å². The van der Waals surface area contributed by atoms with Crippen molar-refractivity contribution in [2.75, 3.05) is 13.1 Å². The Bertz CT molecular complexity index is 404.